The maximum Gasteiger partial charge on any atom is 0.0724 e. The van der Waals surface area contributed by atoms with E-state index in [-0.39, 0.29) is 0 Å². The van der Waals surface area contributed by atoms with Crippen LogP contribution in [0.4, 0.5) is 0 Å². The molecule has 1 aliphatic carbocycles. The van der Waals surface area contributed by atoms with Gasteiger partial charge >= 0.3 is 0 Å². The lowest BCUT2D eigenvalue weighted by molar-refractivity contribution is 0.0578. The van der Waals surface area contributed by atoms with Gasteiger partial charge in [-0.25, -0.2) is 0 Å². The summed E-state index contributed by atoms with van der Waals surface area (Å²) in [5.41, 5.74) is 0. The first-order chi connectivity index (χ1) is 7.88. The Morgan fingerprint density at radius 3 is 1.81 bits per heavy atom. The van der Waals surface area contributed by atoms with E-state index in [4.69, 9.17) is 4.74 Å². The quantitative estimate of drug-likeness (QED) is 0.779. The Balaban J connectivity index is 2.38. The van der Waals surface area contributed by atoms with Crippen molar-refractivity contribution in [2.24, 2.45) is 0 Å². The van der Waals surface area contributed by atoms with Crippen molar-refractivity contribution in [2.75, 3.05) is 14.2 Å². The molecule has 0 heterocycles. The van der Waals surface area contributed by atoms with Gasteiger partial charge in [-0.15, -0.1) is 0 Å². The average Bonchev–Trinajstić information content (AvgIpc) is 2.30. The van der Waals surface area contributed by atoms with Crippen LogP contribution in [0.5, 0.6) is 0 Å². The van der Waals surface area contributed by atoms with Crippen molar-refractivity contribution in [1.82, 2.24) is 5.32 Å². The first-order valence-electron chi connectivity index (χ1n) is 7.08. The van der Waals surface area contributed by atoms with Crippen LogP contribution in [0.15, 0.2) is 0 Å². The summed E-state index contributed by atoms with van der Waals surface area (Å²) >= 11 is 0. The molecular formula is C14H29NO. The molecule has 2 heteroatoms. The normalized spacial score (nSPS) is 30.4. The lowest BCUT2D eigenvalue weighted by atomic mass is 9.96. The highest BCUT2D eigenvalue weighted by atomic mass is 16.5. The van der Waals surface area contributed by atoms with Crippen LogP contribution in [0, 0.1) is 0 Å². The van der Waals surface area contributed by atoms with E-state index >= 15 is 0 Å². The van der Waals surface area contributed by atoms with E-state index in [0.717, 1.165) is 0 Å². The van der Waals surface area contributed by atoms with Gasteiger partial charge in [0.25, 0.3) is 0 Å². The van der Waals surface area contributed by atoms with Crippen LogP contribution in [-0.4, -0.2) is 26.3 Å². The molecule has 0 aromatic rings. The van der Waals surface area contributed by atoms with Crippen LogP contribution in [0.25, 0.3) is 0 Å². The fourth-order valence-corrected chi connectivity index (χ4v) is 2.77. The zero-order chi connectivity index (χ0) is 11.6. The molecule has 0 bridgehead atoms. The summed E-state index contributed by atoms with van der Waals surface area (Å²) in [6, 6.07) is 0.560. The van der Waals surface area contributed by atoms with Crippen LogP contribution in [-0.2, 0) is 4.74 Å². The van der Waals surface area contributed by atoms with E-state index in [1.165, 1.54) is 64.2 Å². The third kappa shape index (κ3) is 5.31. The monoisotopic (exact) mass is 227 g/mol. The van der Waals surface area contributed by atoms with Gasteiger partial charge in [0, 0.05) is 13.2 Å². The predicted molar refractivity (Wildman–Crippen MR) is 69.8 cm³/mol. The number of likely N-dealkylation sites (N-methyl/N-ethyl adjacent to an activating group) is 1. The zero-order valence-electron chi connectivity index (χ0n) is 11.1. The number of nitrogens with one attached hydrogen (secondary N) is 1. The zero-order valence-corrected chi connectivity index (χ0v) is 11.1. The maximum atomic E-state index is 5.64. The van der Waals surface area contributed by atoms with Gasteiger partial charge in [-0.3, -0.25) is 0 Å². The molecule has 2 nitrogen and oxygen atoms in total. The number of rotatable bonds is 2. The number of hydrogen-bond donors (Lipinski definition) is 1. The Morgan fingerprint density at radius 2 is 1.31 bits per heavy atom. The molecule has 2 atom stereocenters. The van der Waals surface area contributed by atoms with E-state index < -0.39 is 0 Å². The van der Waals surface area contributed by atoms with E-state index in [9.17, 15) is 0 Å². The maximum absolute atomic E-state index is 5.64. The van der Waals surface area contributed by atoms with Crippen LogP contribution in [0.3, 0.4) is 0 Å². The molecule has 0 spiro atoms. The average molecular weight is 227 g/mol. The molecule has 0 aromatic carbocycles. The lowest BCUT2D eigenvalue weighted by Crippen LogP contribution is -2.38. The van der Waals surface area contributed by atoms with Crippen molar-refractivity contribution >= 4 is 0 Å². The summed E-state index contributed by atoms with van der Waals surface area (Å²) in [6.07, 6.45) is 14.1. The molecule has 96 valence electrons. The van der Waals surface area contributed by atoms with Crippen LogP contribution in [0.1, 0.15) is 64.2 Å². The van der Waals surface area contributed by atoms with Crippen molar-refractivity contribution in [2.45, 2.75) is 76.4 Å². The molecule has 16 heavy (non-hydrogen) atoms. The Bertz CT molecular complexity index is 143. The van der Waals surface area contributed by atoms with Crippen LogP contribution in [0.2, 0.25) is 0 Å². The molecule has 1 saturated carbocycles. The number of ether oxygens (including phenoxy) is 1. The number of hydrogen-bond acceptors (Lipinski definition) is 2. The van der Waals surface area contributed by atoms with Crippen LogP contribution < -0.4 is 5.32 Å². The van der Waals surface area contributed by atoms with Crippen molar-refractivity contribution < 1.29 is 4.74 Å². The van der Waals surface area contributed by atoms with Crippen molar-refractivity contribution in [3.05, 3.63) is 0 Å². The van der Waals surface area contributed by atoms with E-state index in [0.29, 0.717) is 12.1 Å². The highest BCUT2D eigenvalue weighted by molar-refractivity contribution is 4.76. The van der Waals surface area contributed by atoms with Gasteiger partial charge in [0.2, 0.25) is 0 Å². The fourth-order valence-electron chi connectivity index (χ4n) is 2.77. The van der Waals surface area contributed by atoms with Gasteiger partial charge in [0.05, 0.1) is 6.10 Å². The minimum Gasteiger partial charge on any atom is -0.380 e. The molecule has 0 amide bonds. The smallest absolute Gasteiger partial charge is 0.0724 e. The molecule has 1 aliphatic rings. The predicted octanol–water partition coefficient (Wildman–Crippen LogP) is 3.50. The second-order valence-electron chi connectivity index (χ2n) is 5.08. The van der Waals surface area contributed by atoms with Crippen molar-refractivity contribution in [1.29, 1.82) is 0 Å². The summed E-state index contributed by atoms with van der Waals surface area (Å²) in [5, 5.41) is 3.43. The lowest BCUT2D eigenvalue weighted by Gasteiger charge is -2.26. The molecule has 0 saturated heterocycles. The second-order valence-corrected chi connectivity index (χ2v) is 5.08. The van der Waals surface area contributed by atoms with Gasteiger partial charge in [-0.05, 0) is 19.9 Å². The molecule has 1 rings (SSSR count). The molecule has 0 aromatic heterocycles. The molecule has 0 aliphatic heterocycles. The Hall–Kier alpha value is -0.0800. The molecule has 1 fully saturated rings. The second kappa shape index (κ2) is 9.00. The summed E-state index contributed by atoms with van der Waals surface area (Å²) in [4.78, 5) is 0. The third-order valence-electron chi connectivity index (χ3n) is 3.88. The summed E-state index contributed by atoms with van der Waals surface area (Å²) < 4.78 is 5.64. The topological polar surface area (TPSA) is 21.3 Å². The fraction of sp³-hybridized carbons (Fsp3) is 1.00. The van der Waals surface area contributed by atoms with Gasteiger partial charge in [-0.1, -0.05) is 51.4 Å². The number of methoxy groups -OCH3 is 1. The van der Waals surface area contributed by atoms with E-state index in [2.05, 4.69) is 12.4 Å². The Labute approximate surface area is 101 Å². The highest BCUT2D eigenvalue weighted by Crippen LogP contribution is 2.18. The minimum absolute atomic E-state index is 0.421. The summed E-state index contributed by atoms with van der Waals surface area (Å²) in [5.74, 6) is 0. The molecule has 1 N–H and O–H groups in total. The standard InChI is InChI=1S/C14H29NO/c1-15-13-11-9-7-5-3-4-6-8-10-12-14(13)16-2/h13-15H,3-12H2,1-2H3. The van der Waals surface area contributed by atoms with E-state index in [1.54, 1.807) is 0 Å². The third-order valence-corrected chi connectivity index (χ3v) is 3.88. The van der Waals surface area contributed by atoms with Gasteiger partial charge in [0.1, 0.15) is 0 Å². The van der Waals surface area contributed by atoms with Gasteiger partial charge in [-0.2, -0.15) is 0 Å². The van der Waals surface area contributed by atoms with E-state index in [1.807, 2.05) is 7.11 Å². The van der Waals surface area contributed by atoms with Crippen molar-refractivity contribution in [3.8, 4) is 0 Å². The Kier molecular flexibility index (Phi) is 7.87. The highest BCUT2D eigenvalue weighted by Gasteiger charge is 2.18. The molecule has 2 unspecified atom stereocenters. The molecular weight excluding hydrogens is 198 g/mol. The van der Waals surface area contributed by atoms with Gasteiger partial charge in [0.15, 0.2) is 0 Å². The first kappa shape index (κ1) is 14.0. The van der Waals surface area contributed by atoms with Crippen molar-refractivity contribution in [3.63, 3.8) is 0 Å². The summed E-state index contributed by atoms with van der Waals surface area (Å²) in [7, 11) is 3.93. The van der Waals surface area contributed by atoms with Crippen LogP contribution >= 0.6 is 0 Å². The Morgan fingerprint density at radius 1 is 0.812 bits per heavy atom. The largest absolute Gasteiger partial charge is 0.380 e. The first-order valence-corrected chi connectivity index (χ1v) is 7.08. The summed E-state index contributed by atoms with van der Waals surface area (Å²) in [6.45, 7) is 0. The minimum atomic E-state index is 0.421. The SMILES string of the molecule is CNC1CCCCCCCCCCC1OC. The van der Waals surface area contributed by atoms with Gasteiger partial charge < -0.3 is 10.1 Å². The molecule has 0 radical (unpaired) electrons.